The second-order valence-corrected chi connectivity index (χ2v) is 5.43. The minimum atomic E-state index is -2.69. The number of nitrogens with zero attached hydrogens (tertiary/aromatic N) is 2. The van der Waals surface area contributed by atoms with E-state index in [2.05, 4.69) is 15.5 Å². The van der Waals surface area contributed by atoms with Crippen molar-refractivity contribution < 1.29 is 18.4 Å². The van der Waals surface area contributed by atoms with Gasteiger partial charge in [-0.15, -0.1) is 0 Å². The minimum Gasteiger partial charge on any atom is -0.350 e. The molecular formula is C13H18F2N4O2. The van der Waals surface area contributed by atoms with Crippen molar-refractivity contribution in [2.75, 3.05) is 13.1 Å². The summed E-state index contributed by atoms with van der Waals surface area (Å²) in [7, 11) is 0. The second-order valence-electron chi connectivity index (χ2n) is 5.43. The van der Waals surface area contributed by atoms with Crippen LogP contribution in [-0.4, -0.2) is 46.0 Å². The molecule has 8 heteroatoms. The van der Waals surface area contributed by atoms with E-state index in [1.54, 1.807) is 4.90 Å². The van der Waals surface area contributed by atoms with Gasteiger partial charge in [0.05, 0.1) is 0 Å². The fourth-order valence-electron chi connectivity index (χ4n) is 2.34. The Morgan fingerprint density at radius 2 is 2.29 bits per heavy atom. The predicted molar refractivity (Wildman–Crippen MR) is 70.8 cm³/mol. The smallest absolute Gasteiger partial charge is 0.279 e. The molecule has 116 valence electrons. The molecule has 2 N–H and O–H groups in total. The van der Waals surface area contributed by atoms with Crippen LogP contribution in [-0.2, 0) is 4.79 Å². The van der Waals surface area contributed by atoms with Crippen molar-refractivity contribution in [2.24, 2.45) is 5.92 Å². The summed E-state index contributed by atoms with van der Waals surface area (Å²) in [4.78, 5) is 25.3. The third-order valence-electron chi connectivity index (χ3n) is 3.48. The fourth-order valence-corrected chi connectivity index (χ4v) is 2.34. The number of hydrogen-bond acceptors (Lipinski definition) is 3. The van der Waals surface area contributed by atoms with Gasteiger partial charge in [-0.25, -0.2) is 8.78 Å². The first-order valence-corrected chi connectivity index (χ1v) is 6.79. The molecule has 1 aliphatic heterocycles. The molecule has 0 aromatic carbocycles. The molecule has 0 unspecified atom stereocenters. The first kappa shape index (κ1) is 15.4. The van der Waals surface area contributed by atoms with Gasteiger partial charge in [-0.1, -0.05) is 0 Å². The van der Waals surface area contributed by atoms with Crippen LogP contribution in [0.2, 0.25) is 0 Å². The first-order chi connectivity index (χ1) is 9.88. The molecule has 0 bridgehead atoms. The van der Waals surface area contributed by atoms with E-state index in [9.17, 15) is 18.4 Å². The summed E-state index contributed by atoms with van der Waals surface area (Å²) in [6.45, 7) is 4.80. The molecule has 2 rings (SSSR count). The Hall–Kier alpha value is -1.99. The standard InChI is InChI=1S/C13H18F2N4O2/c1-7(2)19-6-8(3-11(19)20)5-16-13(21)10-4-9(12(14)15)17-18-10/h4,7-8,12H,3,5-6H2,1-2H3,(H,16,21)(H,17,18)/t8-/m0/s1. The number of aromatic amines is 1. The summed E-state index contributed by atoms with van der Waals surface area (Å²) in [5, 5.41) is 8.29. The van der Waals surface area contributed by atoms with Gasteiger partial charge in [-0.2, -0.15) is 5.10 Å². The van der Waals surface area contributed by atoms with Crippen LogP contribution < -0.4 is 5.32 Å². The van der Waals surface area contributed by atoms with Crippen LogP contribution in [0.15, 0.2) is 6.07 Å². The molecule has 0 aliphatic carbocycles. The van der Waals surface area contributed by atoms with Crippen molar-refractivity contribution in [3.8, 4) is 0 Å². The number of hydrogen-bond donors (Lipinski definition) is 2. The van der Waals surface area contributed by atoms with Gasteiger partial charge < -0.3 is 10.2 Å². The Bertz CT molecular complexity index is 530. The highest BCUT2D eigenvalue weighted by atomic mass is 19.3. The number of H-pyrrole nitrogens is 1. The summed E-state index contributed by atoms with van der Waals surface area (Å²) in [5.41, 5.74) is -0.461. The Labute approximate surface area is 120 Å². The molecule has 2 heterocycles. The average Bonchev–Trinajstić information content (AvgIpc) is 3.02. The molecular weight excluding hydrogens is 282 g/mol. The zero-order valence-electron chi connectivity index (χ0n) is 11.9. The zero-order valence-corrected chi connectivity index (χ0v) is 11.9. The summed E-state index contributed by atoms with van der Waals surface area (Å²) >= 11 is 0. The van der Waals surface area contributed by atoms with E-state index in [1.165, 1.54) is 0 Å². The molecule has 1 atom stereocenters. The maximum absolute atomic E-state index is 12.4. The molecule has 2 amide bonds. The summed E-state index contributed by atoms with van der Waals surface area (Å²) in [5.74, 6) is -0.407. The summed E-state index contributed by atoms with van der Waals surface area (Å²) in [6.07, 6.45) is -2.30. The number of rotatable bonds is 5. The van der Waals surface area contributed by atoms with Gasteiger partial charge in [-0.3, -0.25) is 14.7 Å². The average molecular weight is 300 g/mol. The molecule has 1 fully saturated rings. The molecule has 0 saturated carbocycles. The lowest BCUT2D eigenvalue weighted by molar-refractivity contribution is -0.129. The van der Waals surface area contributed by atoms with Crippen LogP contribution in [0, 0.1) is 5.92 Å². The topological polar surface area (TPSA) is 78.1 Å². The molecule has 0 spiro atoms. The molecule has 6 nitrogen and oxygen atoms in total. The van der Waals surface area contributed by atoms with Crippen molar-refractivity contribution in [3.05, 3.63) is 17.5 Å². The van der Waals surface area contributed by atoms with Crippen molar-refractivity contribution in [1.82, 2.24) is 20.4 Å². The molecule has 0 radical (unpaired) electrons. The lowest BCUT2D eigenvalue weighted by Crippen LogP contribution is -2.34. The Balaban J connectivity index is 1.85. The maximum atomic E-state index is 12.4. The number of halogens is 2. The van der Waals surface area contributed by atoms with Gasteiger partial charge >= 0.3 is 0 Å². The van der Waals surface area contributed by atoms with E-state index >= 15 is 0 Å². The van der Waals surface area contributed by atoms with Crippen molar-refractivity contribution >= 4 is 11.8 Å². The van der Waals surface area contributed by atoms with E-state index in [-0.39, 0.29) is 29.3 Å². The van der Waals surface area contributed by atoms with Crippen LogP contribution >= 0.6 is 0 Å². The van der Waals surface area contributed by atoms with Gasteiger partial charge in [0.1, 0.15) is 11.4 Å². The number of aromatic nitrogens is 2. The Morgan fingerprint density at radius 1 is 1.57 bits per heavy atom. The van der Waals surface area contributed by atoms with Crippen molar-refractivity contribution in [3.63, 3.8) is 0 Å². The van der Waals surface area contributed by atoms with Crippen LogP contribution in [0.5, 0.6) is 0 Å². The molecule has 1 aromatic heterocycles. The van der Waals surface area contributed by atoms with Gasteiger partial charge in [0, 0.05) is 31.5 Å². The number of amides is 2. The summed E-state index contributed by atoms with van der Waals surface area (Å²) in [6, 6.07) is 1.17. The Kier molecular flexibility index (Phi) is 4.54. The Morgan fingerprint density at radius 3 is 2.81 bits per heavy atom. The molecule has 21 heavy (non-hydrogen) atoms. The number of likely N-dealkylation sites (tertiary alicyclic amines) is 1. The summed E-state index contributed by atoms with van der Waals surface area (Å²) < 4.78 is 24.8. The number of carbonyl (C=O) groups is 2. The van der Waals surface area contributed by atoms with Gasteiger partial charge in [0.25, 0.3) is 12.3 Å². The van der Waals surface area contributed by atoms with E-state index in [4.69, 9.17) is 0 Å². The molecule has 1 aliphatic rings. The van der Waals surface area contributed by atoms with E-state index in [1.807, 2.05) is 13.8 Å². The lowest BCUT2D eigenvalue weighted by Gasteiger charge is -2.20. The molecule has 1 aromatic rings. The van der Waals surface area contributed by atoms with Crippen molar-refractivity contribution in [1.29, 1.82) is 0 Å². The number of alkyl halides is 2. The van der Waals surface area contributed by atoms with Crippen LogP contribution in [0.1, 0.15) is 42.9 Å². The van der Waals surface area contributed by atoms with E-state index in [0.717, 1.165) is 6.07 Å². The highest BCUT2D eigenvalue weighted by Crippen LogP contribution is 2.20. The monoisotopic (exact) mass is 300 g/mol. The SMILES string of the molecule is CC(C)N1C[C@H](CNC(=O)c2cc(C(F)F)[nH]n2)CC1=O. The number of nitrogens with one attached hydrogen (secondary N) is 2. The quantitative estimate of drug-likeness (QED) is 0.861. The zero-order chi connectivity index (χ0) is 15.6. The first-order valence-electron chi connectivity index (χ1n) is 6.79. The third-order valence-corrected chi connectivity index (χ3v) is 3.48. The van der Waals surface area contributed by atoms with E-state index < -0.39 is 12.3 Å². The minimum absolute atomic E-state index is 0.0392. The largest absolute Gasteiger partial charge is 0.350 e. The van der Waals surface area contributed by atoms with Crippen LogP contribution in [0.3, 0.4) is 0 Å². The fraction of sp³-hybridized carbons (Fsp3) is 0.615. The second kappa shape index (κ2) is 6.19. The van der Waals surface area contributed by atoms with Crippen LogP contribution in [0.4, 0.5) is 8.78 Å². The molecule has 1 saturated heterocycles. The van der Waals surface area contributed by atoms with E-state index in [0.29, 0.717) is 19.5 Å². The van der Waals surface area contributed by atoms with Gasteiger partial charge in [0.15, 0.2) is 0 Å². The van der Waals surface area contributed by atoms with Crippen LogP contribution in [0.25, 0.3) is 0 Å². The lowest BCUT2D eigenvalue weighted by atomic mass is 10.1. The maximum Gasteiger partial charge on any atom is 0.279 e. The van der Waals surface area contributed by atoms with Gasteiger partial charge in [-0.05, 0) is 19.9 Å². The normalized spacial score (nSPS) is 18.9. The van der Waals surface area contributed by atoms with Gasteiger partial charge in [0.2, 0.25) is 5.91 Å². The third kappa shape index (κ3) is 3.56. The highest BCUT2D eigenvalue weighted by Gasteiger charge is 2.31. The predicted octanol–water partition coefficient (Wildman–Crippen LogP) is 1.33. The van der Waals surface area contributed by atoms with Crippen molar-refractivity contribution in [2.45, 2.75) is 32.7 Å². The highest BCUT2D eigenvalue weighted by molar-refractivity contribution is 5.92. The number of carbonyl (C=O) groups excluding carboxylic acids is 2.